The van der Waals surface area contributed by atoms with Crippen molar-refractivity contribution in [1.29, 1.82) is 0 Å². The van der Waals surface area contributed by atoms with Gasteiger partial charge in [-0.1, -0.05) is 18.2 Å². The van der Waals surface area contributed by atoms with E-state index in [1.54, 1.807) is 24.4 Å². The monoisotopic (exact) mass is 292 g/mol. The number of aromatic nitrogens is 1. The fraction of sp³-hybridized carbons (Fsp3) is 0.312. The highest BCUT2D eigenvalue weighted by atomic mass is 19.3. The molecule has 1 aromatic heterocycles. The lowest BCUT2D eigenvalue weighted by molar-refractivity contribution is -0.0507. The molecule has 0 saturated heterocycles. The van der Waals surface area contributed by atoms with Crippen molar-refractivity contribution in [2.75, 3.05) is 7.05 Å². The summed E-state index contributed by atoms with van der Waals surface area (Å²) < 4.78 is 29.3. The summed E-state index contributed by atoms with van der Waals surface area (Å²) in [7, 11) is 1.94. The van der Waals surface area contributed by atoms with Gasteiger partial charge in [0.2, 0.25) is 0 Å². The van der Waals surface area contributed by atoms with E-state index in [9.17, 15) is 8.78 Å². The molecule has 0 bridgehead atoms. The first-order valence-corrected chi connectivity index (χ1v) is 6.67. The number of nitrogens with zero attached hydrogens (tertiary/aromatic N) is 2. The van der Waals surface area contributed by atoms with Crippen LogP contribution in [0, 0.1) is 6.92 Å². The van der Waals surface area contributed by atoms with Crippen molar-refractivity contribution in [2.45, 2.75) is 26.6 Å². The van der Waals surface area contributed by atoms with Crippen LogP contribution in [0.3, 0.4) is 0 Å². The minimum Gasteiger partial charge on any atom is -0.434 e. The SMILES string of the molecule is Cc1cc(CN(C)Cc2ccccc2OC(F)F)ccn1. The van der Waals surface area contributed by atoms with Crippen molar-refractivity contribution in [1.82, 2.24) is 9.88 Å². The molecule has 112 valence electrons. The summed E-state index contributed by atoms with van der Waals surface area (Å²) in [5.41, 5.74) is 2.84. The first kappa shape index (κ1) is 15.4. The molecular weight excluding hydrogens is 274 g/mol. The number of aryl methyl sites for hydroxylation is 1. The van der Waals surface area contributed by atoms with E-state index in [-0.39, 0.29) is 5.75 Å². The molecule has 21 heavy (non-hydrogen) atoms. The summed E-state index contributed by atoms with van der Waals surface area (Å²) in [5.74, 6) is 0.227. The van der Waals surface area contributed by atoms with Crippen LogP contribution in [0.4, 0.5) is 8.78 Å². The largest absolute Gasteiger partial charge is 0.434 e. The maximum absolute atomic E-state index is 12.4. The number of ether oxygens (including phenoxy) is 1. The molecule has 0 spiro atoms. The van der Waals surface area contributed by atoms with E-state index in [1.165, 1.54) is 0 Å². The summed E-state index contributed by atoms with van der Waals surface area (Å²) in [6, 6.07) is 10.8. The predicted molar refractivity (Wildman–Crippen MR) is 77.2 cm³/mol. The average Bonchev–Trinajstić information content (AvgIpc) is 2.40. The molecule has 0 aliphatic carbocycles. The standard InChI is InChI=1S/C16H18F2N2O/c1-12-9-13(7-8-19-12)10-20(2)11-14-5-3-4-6-15(14)21-16(17)18/h3-9,16H,10-11H2,1-2H3. The number of pyridine rings is 1. The van der Waals surface area contributed by atoms with E-state index in [0.717, 1.165) is 16.8 Å². The van der Waals surface area contributed by atoms with E-state index in [2.05, 4.69) is 9.72 Å². The summed E-state index contributed by atoms with van der Waals surface area (Å²) >= 11 is 0. The van der Waals surface area contributed by atoms with Gasteiger partial charge in [-0.15, -0.1) is 0 Å². The molecular formula is C16H18F2N2O. The molecule has 0 radical (unpaired) electrons. The summed E-state index contributed by atoms with van der Waals surface area (Å²) in [5, 5.41) is 0. The lowest BCUT2D eigenvalue weighted by Crippen LogP contribution is -2.18. The van der Waals surface area contributed by atoms with Crippen molar-refractivity contribution in [3.05, 3.63) is 59.4 Å². The van der Waals surface area contributed by atoms with Crippen LogP contribution in [-0.2, 0) is 13.1 Å². The topological polar surface area (TPSA) is 25.4 Å². The van der Waals surface area contributed by atoms with Crippen LogP contribution >= 0.6 is 0 Å². The van der Waals surface area contributed by atoms with E-state index < -0.39 is 6.61 Å². The number of rotatable bonds is 6. The van der Waals surface area contributed by atoms with Crippen LogP contribution in [0.1, 0.15) is 16.8 Å². The van der Waals surface area contributed by atoms with E-state index in [1.807, 2.05) is 37.1 Å². The number of alkyl halides is 2. The van der Waals surface area contributed by atoms with Crippen LogP contribution in [0.25, 0.3) is 0 Å². The van der Waals surface area contributed by atoms with Crippen LogP contribution < -0.4 is 4.74 Å². The molecule has 0 aliphatic heterocycles. The number of hydrogen-bond acceptors (Lipinski definition) is 3. The van der Waals surface area contributed by atoms with Crippen LogP contribution in [0.15, 0.2) is 42.6 Å². The van der Waals surface area contributed by atoms with Crippen molar-refractivity contribution in [3.63, 3.8) is 0 Å². The smallest absolute Gasteiger partial charge is 0.387 e. The van der Waals surface area contributed by atoms with Crippen molar-refractivity contribution >= 4 is 0 Å². The van der Waals surface area contributed by atoms with Crippen molar-refractivity contribution in [2.24, 2.45) is 0 Å². The van der Waals surface area contributed by atoms with Gasteiger partial charge in [-0.3, -0.25) is 9.88 Å². The summed E-state index contributed by atoms with van der Waals surface area (Å²) in [6.07, 6.45) is 1.77. The number of halogens is 2. The van der Waals surface area contributed by atoms with E-state index in [4.69, 9.17) is 0 Å². The minimum absolute atomic E-state index is 0.227. The van der Waals surface area contributed by atoms with E-state index >= 15 is 0 Å². The first-order valence-electron chi connectivity index (χ1n) is 6.67. The second-order valence-corrected chi connectivity index (χ2v) is 4.96. The van der Waals surface area contributed by atoms with E-state index in [0.29, 0.717) is 13.1 Å². The van der Waals surface area contributed by atoms with Gasteiger partial charge in [-0.25, -0.2) is 0 Å². The molecule has 0 unspecified atom stereocenters. The molecule has 0 aliphatic rings. The minimum atomic E-state index is -2.81. The third kappa shape index (κ3) is 4.79. The fourth-order valence-corrected chi connectivity index (χ4v) is 2.21. The Morgan fingerprint density at radius 2 is 1.95 bits per heavy atom. The molecule has 2 aromatic rings. The maximum Gasteiger partial charge on any atom is 0.387 e. The molecule has 2 rings (SSSR count). The second kappa shape index (κ2) is 7.13. The molecule has 0 N–H and O–H groups in total. The molecule has 0 amide bonds. The third-order valence-electron chi connectivity index (χ3n) is 3.04. The summed E-state index contributed by atoms with van der Waals surface area (Å²) in [6.45, 7) is 0.380. The zero-order valence-electron chi connectivity index (χ0n) is 12.1. The molecule has 0 atom stereocenters. The third-order valence-corrected chi connectivity index (χ3v) is 3.04. The Kier molecular flexibility index (Phi) is 5.22. The van der Waals surface area contributed by atoms with Gasteiger partial charge in [0.05, 0.1) is 0 Å². The Morgan fingerprint density at radius 3 is 2.67 bits per heavy atom. The molecule has 0 fully saturated rings. The van der Waals surface area contributed by atoms with Crippen LogP contribution in [0.2, 0.25) is 0 Å². The highest BCUT2D eigenvalue weighted by molar-refractivity contribution is 5.33. The molecule has 1 aromatic carbocycles. The van der Waals surface area contributed by atoms with Gasteiger partial charge in [0.15, 0.2) is 0 Å². The normalized spacial score (nSPS) is 11.1. The molecule has 0 saturated carbocycles. The van der Waals surface area contributed by atoms with Gasteiger partial charge in [0.25, 0.3) is 0 Å². The zero-order valence-corrected chi connectivity index (χ0v) is 12.1. The Hall–Kier alpha value is -2.01. The van der Waals surface area contributed by atoms with Gasteiger partial charge in [-0.2, -0.15) is 8.78 Å². The fourth-order valence-electron chi connectivity index (χ4n) is 2.21. The molecule has 3 nitrogen and oxygen atoms in total. The quantitative estimate of drug-likeness (QED) is 0.813. The Labute approximate surface area is 123 Å². The zero-order chi connectivity index (χ0) is 15.2. The molecule has 5 heteroatoms. The average molecular weight is 292 g/mol. The van der Waals surface area contributed by atoms with Gasteiger partial charge >= 0.3 is 6.61 Å². The first-order chi connectivity index (χ1) is 10.0. The lowest BCUT2D eigenvalue weighted by atomic mass is 10.1. The van der Waals surface area contributed by atoms with Crippen LogP contribution in [0.5, 0.6) is 5.75 Å². The Morgan fingerprint density at radius 1 is 1.19 bits per heavy atom. The van der Waals surface area contributed by atoms with Gasteiger partial charge < -0.3 is 4.74 Å². The van der Waals surface area contributed by atoms with Gasteiger partial charge in [0.1, 0.15) is 5.75 Å². The molecule has 1 heterocycles. The van der Waals surface area contributed by atoms with Gasteiger partial charge in [0, 0.05) is 30.5 Å². The summed E-state index contributed by atoms with van der Waals surface area (Å²) in [4.78, 5) is 6.20. The Balaban J connectivity index is 2.04. The lowest BCUT2D eigenvalue weighted by Gasteiger charge is -2.19. The predicted octanol–water partition coefficient (Wildman–Crippen LogP) is 3.62. The Bertz CT molecular complexity index is 590. The highest BCUT2D eigenvalue weighted by Crippen LogP contribution is 2.22. The van der Waals surface area contributed by atoms with Gasteiger partial charge in [-0.05, 0) is 37.7 Å². The number of hydrogen-bond donors (Lipinski definition) is 0. The number of para-hydroxylation sites is 1. The van der Waals surface area contributed by atoms with Crippen molar-refractivity contribution < 1.29 is 13.5 Å². The highest BCUT2D eigenvalue weighted by Gasteiger charge is 2.11. The number of benzene rings is 1. The van der Waals surface area contributed by atoms with Crippen LogP contribution in [-0.4, -0.2) is 23.5 Å². The maximum atomic E-state index is 12.4. The van der Waals surface area contributed by atoms with Crippen molar-refractivity contribution in [3.8, 4) is 5.75 Å². The second-order valence-electron chi connectivity index (χ2n) is 4.96.